The molecule has 7 rings (SSSR count). The van der Waals surface area contributed by atoms with Crippen molar-refractivity contribution in [2.45, 2.75) is 106 Å². The third kappa shape index (κ3) is 2.08. The first-order valence-corrected chi connectivity index (χ1v) is 12.6. The summed E-state index contributed by atoms with van der Waals surface area (Å²) in [6.45, 7) is 7.93. The molecular weight excluding hydrogens is 418 g/mol. The molecule has 3 aliphatic carbocycles. The van der Waals surface area contributed by atoms with Crippen molar-refractivity contribution < 1.29 is 24.8 Å². The van der Waals surface area contributed by atoms with Gasteiger partial charge in [0.1, 0.15) is 23.9 Å². The highest BCUT2D eigenvalue weighted by atomic mass is 16.7. The lowest BCUT2D eigenvalue weighted by molar-refractivity contribution is -0.280. The van der Waals surface area contributed by atoms with Crippen LogP contribution in [0, 0.1) is 11.3 Å². The summed E-state index contributed by atoms with van der Waals surface area (Å²) in [5.41, 5.74) is -0.0565. The van der Waals surface area contributed by atoms with Gasteiger partial charge >= 0.3 is 0 Å². The highest BCUT2D eigenvalue weighted by Gasteiger charge is 2.86. The molecule has 6 nitrogen and oxygen atoms in total. The predicted molar refractivity (Wildman–Crippen MR) is 123 cm³/mol. The minimum atomic E-state index is -1.19. The fourth-order valence-electron chi connectivity index (χ4n) is 8.97. The molecule has 6 heteroatoms. The number of fused-ring (bicyclic) bond motifs is 7. The molecule has 0 bridgehead atoms. The van der Waals surface area contributed by atoms with Crippen LogP contribution in [0.1, 0.15) is 64.6 Å². The molecule has 5 aliphatic rings. The fourth-order valence-corrected chi connectivity index (χ4v) is 8.97. The van der Waals surface area contributed by atoms with Crippen LogP contribution in [0.5, 0.6) is 0 Å². The van der Waals surface area contributed by atoms with E-state index in [2.05, 4.69) is 43.1 Å². The van der Waals surface area contributed by atoms with Crippen LogP contribution >= 0.6 is 0 Å². The monoisotopic (exact) mass is 453 g/mol. The molecular formula is C27H35NO5. The molecule has 4 fully saturated rings. The van der Waals surface area contributed by atoms with E-state index in [1.54, 1.807) is 13.8 Å². The molecule has 1 aromatic heterocycles. The van der Waals surface area contributed by atoms with E-state index in [0.29, 0.717) is 12.3 Å². The summed E-state index contributed by atoms with van der Waals surface area (Å²) in [6.07, 6.45) is 1.60. The first kappa shape index (κ1) is 20.9. The largest absolute Gasteiger partial charge is 0.388 e. The molecule has 2 saturated heterocycles. The highest BCUT2D eigenvalue weighted by molar-refractivity contribution is 5.86. The zero-order chi connectivity index (χ0) is 23.2. The van der Waals surface area contributed by atoms with Crippen molar-refractivity contribution in [2.75, 3.05) is 0 Å². The van der Waals surface area contributed by atoms with E-state index in [9.17, 15) is 15.3 Å². The molecule has 0 amide bonds. The Kier molecular flexibility index (Phi) is 3.70. The zero-order valence-corrected chi connectivity index (χ0v) is 19.9. The number of ether oxygens (including phenoxy) is 2. The minimum Gasteiger partial charge on any atom is -0.388 e. The van der Waals surface area contributed by atoms with Gasteiger partial charge in [-0.25, -0.2) is 0 Å². The number of aromatic nitrogens is 1. The van der Waals surface area contributed by atoms with Crippen LogP contribution in [0.25, 0.3) is 10.9 Å². The molecule has 2 saturated carbocycles. The molecule has 9 atom stereocenters. The molecule has 2 aliphatic heterocycles. The first-order chi connectivity index (χ1) is 15.5. The summed E-state index contributed by atoms with van der Waals surface area (Å²) in [7, 11) is 0. The minimum absolute atomic E-state index is 0.234. The molecule has 2 aromatic rings. The Labute approximate surface area is 194 Å². The van der Waals surface area contributed by atoms with Crippen LogP contribution in [-0.2, 0) is 21.3 Å². The Balaban J connectivity index is 1.36. The Morgan fingerprint density at radius 3 is 2.64 bits per heavy atom. The van der Waals surface area contributed by atoms with Crippen LogP contribution in [0.4, 0.5) is 0 Å². The van der Waals surface area contributed by atoms with E-state index >= 15 is 0 Å². The van der Waals surface area contributed by atoms with Gasteiger partial charge in [-0.05, 0) is 63.5 Å². The third-order valence-corrected chi connectivity index (χ3v) is 10.9. The number of aromatic amines is 1. The number of hydrogen-bond acceptors (Lipinski definition) is 5. The fraction of sp³-hybridized carbons (Fsp3) is 0.704. The molecule has 4 N–H and O–H groups in total. The van der Waals surface area contributed by atoms with E-state index in [0.717, 1.165) is 31.2 Å². The number of rotatable bonds is 1. The molecule has 3 heterocycles. The Morgan fingerprint density at radius 2 is 1.88 bits per heavy atom. The molecule has 1 aromatic carbocycles. The van der Waals surface area contributed by atoms with Gasteiger partial charge in [0, 0.05) is 27.4 Å². The summed E-state index contributed by atoms with van der Waals surface area (Å²) in [5, 5.41) is 35.7. The van der Waals surface area contributed by atoms with E-state index in [-0.39, 0.29) is 11.5 Å². The van der Waals surface area contributed by atoms with Gasteiger partial charge in [0.2, 0.25) is 0 Å². The smallest absolute Gasteiger partial charge is 0.152 e. The van der Waals surface area contributed by atoms with Crippen molar-refractivity contribution in [3.8, 4) is 0 Å². The van der Waals surface area contributed by atoms with Crippen LogP contribution < -0.4 is 0 Å². The number of H-pyrrole nitrogens is 1. The van der Waals surface area contributed by atoms with Crippen molar-refractivity contribution in [3.63, 3.8) is 0 Å². The summed E-state index contributed by atoms with van der Waals surface area (Å²) in [5.74, 6) is 0.456. The summed E-state index contributed by atoms with van der Waals surface area (Å²) < 4.78 is 12.7. The number of epoxide rings is 1. The summed E-state index contributed by atoms with van der Waals surface area (Å²) in [4.78, 5) is 3.76. The Bertz CT molecular complexity index is 1170. The van der Waals surface area contributed by atoms with Gasteiger partial charge in [-0.3, -0.25) is 0 Å². The quantitative estimate of drug-likeness (QED) is 0.498. The van der Waals surface area contributed by atoms with Crippen molar-refractivity contribution >= 4 is 10.9 Å². The Hall–Kier alpha value is -1.44. The van der Waals surface area contributed by atoms with Crippen LogP contribution in [-0.4, -0.2) is 61.5 Å². The van der Waals surface area contributed by atoms with Crippen molar-refractivity contribution in [1.29, 1.82) is 0 Å². The molecule has 1 spiro atoms. The van der Waals surface area contributed by atoms with E-state index in [1.807, 2.05) is 0 Å². The van der Waals surface area contributed by atoms with Crippen LogP contribution in [0.3, 0.4) is 0 Å². The first-order valence-electron chi connectivity index (χ1n) is 12.6. The van der Waals surface area contributed by atoms with E-state index < -0.39 is 40.5 Å². The zero-order valence-electron chi connectivity index (χ0n) is 19.9. The maximum absolute atomic E-state index is 12.7. The van der Waals surface area contributed by atoms with E-state index in [1.165, 1.54) is 16.6 Å². The number of hydrogen-bond donors (Lipinski definition) is 4. The summed E-state index contributed by atoms with van der Waals surface area (Å²) in [6, 6.07) is 8.52. The normalized spacial score (nSPS) is 50.2. The maximum Gasteiger partial charge on any atom is 0.152 e. The lowest BCUT2D eigenvalue weighted by atomic mass is 9.40. The predicted octanol–water partition coefficient (Wildman–Crippen LogP) is 2.96. The molecule has 0 radical (unpaired) electrons. The topological polar surface area (TPSA) is 98.2 Å². The van der Waals surface area contributed by atoms with Crippen molar-refractivity contribution in [3.05, 3.63) is 35.5 Å². The van der Waals surface area contributed by atoms with Gasteiger partial charge < -0.3 is 29.8 Å². The number of benzene rings is 1. The van der Waals surface area contributed by atoms with Gasteiger partial charge in [0.25, 0.3) is 0 Å². The van der Waals surface area contributed by atoms with Crippen molar-refractivity contribution in [1.82, 2.24) is 4.98 Å². The highest BCUT2D eigenvalue weighted by Crippen LogP contribution is 2.74. The lowest BCUT2D eigenvalue weighted by Crippen LogP contribution is -2.76. The number of aliphatic hydroxyl groups excluding tert-OH is 1. The van der Waals surface area contributed by atoms with Gasteiger partial charge in [-0.1, -0.05) is 32.0 Å². The van der Waals surface area contributed by atoms with Crippen molar-refractivity contribution in [2.24, 2.45) is 11.3 Å². The number of nitrogens with one attached hydrogen (secondary N) is 1. The van der Waals surface area contributed by atoms with Crippen LogP contribution in [0.2, 0.25) is 0 Å². The van der Waals surface area contributed by atoms with Gasteiger partial charge in [0.15, 0.2) is 5.60 Å². The lowest BCUT2D eigenvalue weighted by Gasteiger charge is -2.66. The van der Waals surface area contributed by atoms with Gasteiger partial charge in [-0.15, -0.1) is 0 Å². The number of aliphatic hydroxyl groups is 3. The third-order valence-electron chi connectivity index (χ3n) is 10.9. The van der Waals surface area contributed by atoms with Crippen LogP contribution in [0.15, 0.2) is 24.3 Å². The maximum atomic E-state index is 12.7. The van der Waals surface area contributed by atoms with Gasteiger partial charge in [-0.2, -0.15) is 0 Å². The Morgan fingerprint density at radius 1 is 1.12 bits per heavy atom. The molecule has 178 valence electrons. The SMILES string of the molecule is CC(C)(O)[C@@H]1O[C@H]2CC[C@]3(C)[C@@](O)(CC[C@@H]4Cc5c([nH]c6ccccc56)[C@]43C)[C@]23O[C@@H]3[C@@H]1O. The average molecular weight is 454 g/mol. The number of para-hydroxylation sites is 1. The standard InChI is InChI=1S/C27H35NO5/c1-23(2,30)21-19(29)22-27(33-22)18(32-21)10-11-24(3)25(4)14(9-12-26(24,27)31)13-16-15-7-5-6-8-17(15)28-20(16)25/h5-8,14,18-19,21-22,28-31H,9-13H2,1-4H3/t14-,18+,19-,21-,22-,24+,25+,26+,27+/m1/s1. The average Bonchev–Trinajstić information content (AvgIpc) is 3.34. The molecule has 33 heavy (non-hydrogen) atoms. The second-order valence-corrected chi connectivity index (χ2v) is 12.4. The summed E-state index contributed by atoms with van der Waals surface area (Å²) >= 11 is 0. The second-order valence-electron chi connectivity index (χ2n) is 12.4. The second kappa shape index (κ2) is 5.85. The molecule has 0 unspecified atom stereocenters. The van der Waals surface area contributed by atoms with Gasteiger partial charge in [0.05, 0.1) is 11.7 Å². The van der Waals surface area contributed by atoms with E-state index in [4.69, 9.17) is 9.47 Å².